The monoisotopic (exact) mass is 421 g/mol. The van der Waals surface area contributed by atoms with Crippen LogP contribution in [0.25, 0.3) is 0 Å². The van der Waals surface area contributed by atoms with Crippen molar-refractivity contribution in [1.29, 1.82) is 0 Å². The molecule has 1 atom stereocenters. The number of aryl methyl sites for hydroxylation is 2. The number of alkyl halides is 2. The molecule has 1 aliphatic rings. The largest absolute Gasteiger partial charge is 0.333 e. The molecule has 27 heavy (non-hydrogen) atoms. The smallest absolute Gasteiger partial charge is 0.222 e. The first kappa shape index (κ1) is 20.3. The number of hydrogen-bond donors (Lipinski definition) is 0. The van der Waals surface area contributed by atoms with Crippen LogP contribution in [-0.4, -0.2) is 10.1 Å². The number of halogens is 3. The van der Waals surface area contributed by atoms with Crippen molar-refractivity contribution in [1.82, 2.24) is 0 Å². The van der Waals surface area contributed by atoms with Crippen LogP contribution in [0.2, 0.25) is 0 Å². The van der Waals surface area contributed by atoms with Crippen molar-refractivity contribution in [2.24, 2.45) is 5.92 Å². The van der Waals surface area contributed by atoms with E-state index in [-0.39, 0.29) is 17.0 Å². The fraction of sp³-hybridized carbons (Fsp3) is 0.318. The number of carbonyl (C=O) groups excluding carboxylic acids is 1. The number of hydrogen-bond acceptors (Lipinski definition) is 2. The number of Topliss-reactive ketones (excluding diaryl/α,β-unsaturated/α-hetero) is 1. The predicted octanol–water partition coefficient (Wildman–Crippen LogP) is 6.71. The standard InChI is InChI=1S/C22H22Cl3NO/c1-13(2)19(16-8-6-5-7-9-16)26(17-11-10-14(3)12-15(17)4)20-18(23)21(27)22(20,24)25/h5-13,19H,1-4H3. The minimum absolute atomic E-state index is 0.0821. The van der Waals surface area contributed by atoms with Gasteiger partial charge < -0.3 is 4.90 Å². The summed E-state index contributed by atoms with van der Waals surface area (Å²) < 4.78 is -1.64. The normalized spacial score (nSPS) is 17.1. The van der Waals surface area contributed by atoms with Crippen molar-refractivity contribution in [3.63, 3.8) is 0 Å². The average molecular weight is 423 g/mol. The molecule has 0 aromatic heterocycles. The van der Waals surface area contributed by atoms with E-state index in [4.69, 9.17) is 34.8 Å². The second kappa shape index (κ2) is 7.50. The van der Waals surface area contributed by atoms with E-state index in [0.717, 1.165) is 22.4 Å². The maximum atomic E-state index is 12.2. The maximum Gasteiger partial charge on any atom is 0.222 e. The summed E-state index contributed by atoms with van der Waals surface area (Å²) in [7, 11) is 0. The molecule has 0 fully saturated rings. The van der Waals surface area contributed by atoms with Crippen LogP contribution < -0.4 is 4.90 Å². The van der Waals surface area contributed by atoms with Gasteiger partial charge in [-0.1, -0.05) is 96.7 Å². The summed E-state index contributed by atoms with van der Waals surface area (Å²) in [4.78, 5) is 14.3. The molecule has 0 aliphatic heterocycles. The molecule has 0 radical (unpaired) electrons. The molecule has 0 heterocycles. The Morgan fingerprint density at radius 2 is 1.63 bits per heavy atom. The molecule has 142 valence electrons. The molecule has 2 nitrogen and oxygen atoms in total. The summed E-state index contributed by atoms with van der Waals surface area (Å²) in [5.74, 6) is -0.238. The van der Waals surface area contributed by atoms with Gasteiger partial charge in [0.05, 0.1) is 11.7 Å². The highest BCUT2D eigenvalue weighted by Crippen LogP contribution is 2.52. The van der Waals surface area contributed by atoms with E-state index in [0.29, 0.717) is 5.70 Å². The van der Waals surface area contributed by atoms with Gasteiger partial charge >= 0.3 is 0 Å². The maximum absolute atomic E-state index is 12.2. The molecule has 0 spiro atoms. The second-order valence-electron chi connectivity index (χ2n) is 7.33. The molecular formula is C22H22Cl3NO. The molecular weight excluding hydrogens is 401 g/mol. The van der Waals surface area contributed by atoms with E-state index in [1.165, 1.54) is 0 Å². The van der Waals surface area contributed by atoms with Gasteiger partial charge in [-0.15, -0.1) is 0 Å². The fourth-order valence-corrected chi connectivity index (χ4v) is 4.78. The zero-order chi connectivity index (χ0) is 19.9. The first-order valence-electron chi connectivity index (χ1n) is 8.90. The molecule has 0 bridgehead atoms. The van der Waals surface area contributed by atoms with Crippen LogP contribution in [0.4, 0.5) is 5.69 Å². The zero-order valence-electron chi connectivity index (χ0n) is 15.8. The van der Waals surface area contributed by atoms with E-state index >= 15 is 0 Å². The van der Waals surface area contributed by atoms with Crippen LogP contribution in [0.1, 0.15) is 36.6 Å². The van der Waals surface area contributed by atoms with E-state index < -0.39 is 10.1 Å². The summed E-state index contributed by atoms with van der Waals surface area (Å²) >= 11 is 19.2. The van der Waals surface area contributed by atoms with Gasteiger partial charge in [0.25, 0.3) is 0 Å². The summed E-state index contributed by atoms with van der Waals surface area (Å²) in [6.07, 6.45) is 0. The molecule has 2 aromatic rings. The Labute approximate surface area is 175 Å². The Balaban J connectivity index is 2.26. The lowest BCUT2D eigenvalue weighted by atomic mass is 9.89. The SMILES string of the molecule is Cc1ccc(N(C2=C(Cl)C(=O)C2(Cl)Cl)C(c2ccccc2)C(C)C)c(C)c1. The lowest BCUT2D eigenvalue weighted by Crippen LogP contribution is -2.50. The third-order valence-electron chi connectivity index (χ3n) is 4.89. The van der Waals surface area contributed by atoms with Crippen LogP contribution in [0.15, 0.2) is 59.3 Å². The molecule has 5 heteroatoms. The highest BCUT2D eigenvalue weighted by atomic mass is 35.5. The van der Waals surface area contributed by atoms with Gasteiger partial charge in [-0.05, 0) is 37.0 Å². The first-order chi connectivity index (χ1) is 12.7. The number of anilines is 1. The van der Waals surface area contributed by atoms with Gasteiger partial charge in [-0.2, -0.15) is 0 Å². The molecule has 0 saturated carbocycles. The highest BCUT2D eigenvalue weighted by molar-refractivity contribution is 6.70. The summed E-state index contributed by atoms with van der Waals surface area (Å²) in [5, 5.41) is 0.0987. The van der Waals surface area contributed by atoms with Gasteiger partial charge in [0, 0.05) is 5.69 Å². The van der Waals surface area contributed by atoms with Gasteiger partial charge in [0.2, 0.25) is 10.1 Å². The third kappa shape index (κ3) is 3.51. The number of benzene rings is 2. The Kier molecular flexibility index (Phi) is 5.63. The molecule has 2 aromatic carbocycles. The van der Waals surface area contributed by atoms with Gasteiger partial charge in [-0.3, -0.25) is 4.79 Å². The van der Waals surface area contributed by atoms with Crippen molar-refractivity contribution in [3.05, 3.63) is 76.0 Å². The molecule has 0 amide bonds. The van der Waals surface area contributed by atoms with Crippen LogP contribution in [0.5, 0.6) is 0 Å². The molecule has 1 unspecified atom stereocenters. The number of allylic oxidation sites excluding steroid dienone is 2. The highest BCUT2D eigenvalue weighted by Gasteiger charge is 2.55. The van der Waals surface area contributed by atoms with Crippen molar-refractivity contribution in [3.8, 4) is 0 Å². The van der Waals surface area contributed by atoms with Crippen LogP contribution in [0.3, 0.4) is 0 Å². The molecule has 1 aliphatic carbocycles. The Morgan fingerprint density at radius 3 is 2.15 bits per heavy atom. The number of ketones is 1. The minimum Gasteiger partial charge on any atom is -0.333 e. The minimum atomic E-state index is -1.64. The van der Waals surface area contributed by atoms with Gasteiger partial charge in [0.15, 0.2) is 0 Å². The number of carbonyl (C=O) groups is 1. The summed E-state index contributed by atoms with van der Waals surface area (Å²) in [6.45, 7) is 8.35. The van der Waals surface area contributed by atoms with E-state index in [1.807, 2.05) is 49.1 Å². The van der Waals surface area contributed by atoms with Crippen molar-refractivity contribution in [2.75, 3.05) is 4.90 Å². The molecule has 0 N–H and O–H groups in total. The Bertz CT molecular complexity index is 903. The van der Waals surface area contributed by atoms with Crippen molar-refractivity contribution >= 4 is 46.3 Å². The van der Waals surface area contributed by atoms with E-state index in [1.54, 1.807) is 0 Å². The third-order valence-corrected chi connectivity index (χ3v) is 5.95. The lowest BCUT2D eigenvalue weighted by molar-refractivity contribution is -0.116. The van der Waals surface area contributed by atoms with Crippen molar-refractivity contribution in [2.45, 2.75) is 38.1 Å². The lowest BCUT2D eigenvalue weighted by Gasteiger charge is -2.46. The van der Waals surface area contributed by atoms with Crippen LogP contribution >= 0.6 is 34.8 Å². The Hall–Kier alpha value is -1.48. The molecule has 3 rings (SSSR count). The van der Waals surface area contributed by atoms with Crippen LogP contribution in [-0.2, 0) is 4.79 Å². The van der Waals surface area contributed by atoms with Gasteiger partial charge in [-0.25, -0.2) is 0 Å². The Morgan fingerprint density at radius 1 is 1.00 bits per heavy atom. The van der Waals surface area contributed by atoms with Crippen LogP contribution in [0, 0.1) is 19.8 Å². The predicted molar refractivity (Wildman–Crippen MR) is 115 cm³/mol. The quantitative estimate of drug-likeness (QED) is 0.499. The van der Waals surface area contributed by atoms with E-state index in [2.05, 4.69) is 32.0 Å². The van der Waals surface area contributed by atoms with E-state index in [9.17, 15) is 4.79 Å². The fourth-order valence-electron chi connectivity index (χ4n) is 3.65. The molecule has 0 saturated heterocycles. The summed E-state index contributed by atoms with van der Waals surface area (Å²) in [6, 6.07) is 16.2. The topological polar surface area (TPSA) is 20.3 Å². The zero-order valence-corrected chi connectivity index (χ0v) is 18.0. The van der Waals surface area contributed by atoms with Crippen molar-refractivity contribution < 1.29 is 4.79 Å². The average Bonchev–Trinajstić information content (AvgIpc) is 2.61. The number of nitrogens with zero attached hydrogens (tertiary/aromatic N) is 1. The number of rotatable bonds is 5. The second-order valence-corrected chi connectivity index (χ2v) is 9.03. The first-order valence-corrected chi connectivity index (χ1v) is 10.0. The summed E-state index contributed by atoms with van der Waals surface area (Å²) in [5.41, 5.74) is 4.72. The van der Waals surface area contributed by atoms with Gasteiger partial charge in [0.1, 0.15) is 5.03 Å².